The number of benzene rings is 3. The third-order valence-electron chi connectivity index (χ3n) is 5.22. The molecule has 0 saturated carbocycles. The summed E-state index contributed by atoms with van der Waals surface area (Å²) in [5.41, 5.74) is 4.12. The molecule has 30 heavy (non-hydrogen) atoms. The van der Waals surface area contributed by atoms with Crippen molar-refractivity contribution in [3.05, 3.63) is 77.4 Å². The Labute approximate surface area is 178 Å². The second-order valence-electron chi connectivity index (χ2n) is 7.11. The number of hydrogen-bond donors (Lipinski definition) is 0. The van der Waals surface area contributed by atoms with Gasteiger partial charge in [0.1, 0.15) is 23.0 Å². The Kier molecular flexibility index (Phi) is 6.72. The lowest BCUT2D eigenvalue weighted by Gasteiger charge is -2.26. The molecule has 5 nitrogen and oxygen atoms in total. The van der Waals surface area contributed by atoms with Gasteiger partial charge in [-0.15, -0.1) is 0 Å². The molecule has 0 aliphatic heterocycles. The molecule has 5 heteroatoms. The van der Waals surface area contributed by atoms with E-state index in [1.54, 1.807) is 28.4 Å². The summed E-state index contributed by atoms with van der Waals surface area (Å²) in [5.74, 6) is 2.70. The van der Waals surface area contributed by atoms with E-state index in [2.05, 4.69) is 29.2 Å². The SMILES string of the molecule is COc1cc(OC)c(C(c2ccccc2)c2ccc(N(C)C)cc2OC)c(OC)c1. The van der Waals surface area contributed by atoms with Crippen LogP contribution in [0.3, 0.4) is 0 Å². The summed E-state index contributed by atoms with van der Waals surface area (Å²) in [6.07, 6.45) is 0. The van der Waals surface area contributed by atoms with E-state index < -0.39 is 0 Å². The second-order valence-corrected chi connectivity index (χ2v) is 7.11. The molecule has 0 aromatic heterocycles. The zero-order valence-corrected chi connectivity index (χ0v) is 18.4. The molecule has 0 fully saturated rings. The standard InChI is InChI=1S/C25H29NO4/c1-26(2)18-12-13-20(21(14-18)28-4)24(17-10-8-7-9-11-17)25-22(29-5)15-19(27-3)16-23(25)30-6/h7-16,24H,1-6H3. The summed E-state index contributed by atoms with van der Waals surface area (Å²) in [7, 11) is 10.7. The van der Waals surface area contributed by atoms with Gasteiger partial charge in [0.2, 0.25) is 0 Å². The van der Waals surface area contributed by atoms with Crippen molar-refractivity contribution < 1.29 is 18.9 Å². The van der Waals surface area contributed by atoms with Crippen molar-refractivity contribution in [1.82, 2.24) is 0 Å². The molecule has 3 aromatic rings. The van der Waals surface area contributed by atoms with Crippen molar-refractivity contribution in [1.29, 1.82) is 0 Å². The van der Waals surface area contributed by atoms with Gasteiger partial charge in [0.25, 0.3) is 0 Å². The van der Waals surface area contributed by atoms with E-state index in [4.69, 9.17) is 18.9 Å². The topological polar surface area (TPSA) is 40.2 Å². The highest BCUT2D eigenvalue weighted by Crippen LogP contribution is 2.47. The van der Waals surface area contributed by atoms with Gasteiger partial charge in [-0.1, -0.05) is 36.4 Å². The van der Waals surface area contributed by atoms with Crippen LogP contribution >= 0.6 is 0 Å². The average molecular weight is 408 g/mol. The number of anilines is 1. The number of nitrogens with zero attached hydrogens (tertiary/aromatic N) is 1. The molecule has 0 heterocycles. The molecule has 0 N–H and O–H groups in total. The summed E-state index contributed by atoms with van der Waals surface area (Å²) in [4.78, 5) is 2.05. The average Bonchev–Trinajstić information content (AvgIpc) is 2.79. The quantitative estimate of drug-likeness (QED) is 0.493. The molecular formula is C25H29NO4. The van der Waals surface area contributed by atoms with E-state index in [1.807, 2.05) is 50.5 Å². The molecule has 0 amide bonds. The zero-order valence-electron chi connectivity index (χ0n) is 18.4. The molecule has 1 unspecified atom stereocenters. The first-order valence-electron chi connectivity index (χ1n) is 9.74. The Morgan fingerprint density at radius 1 is 0.667 bits per heavy atom. The summed E-state index contributed by atoms with van der Waals surface area (Å²) in [5, 5.41) is 0. The predicted molar refractivity (Wildman–Crippen MR) is 121 cm³/mol. The Hall–Kier alpha value is -3.34. The van der Waals surface area contributed by atoms with Crippen LogP contribution in [-0.4, -0.2) is 42.5 Å². The van der Waals surface area contributed by atoms with E-state index >= 15 is 0 Å². The van der Waals surface area contributed by atoms with Gasteiger partial charge < -0.3 is 23.8 Å². The monoisotopic (exact) mass is 407 g/mol. The predicted octanol–water partition coefficient (Wildman–Crippen LogP) is 4.97. The van der Waals surface area contributed by atoms with Crippen molar-refractivity contribution in [3.63, 3.8) is 0 Å². The summed E-state index contributed by atoms with van der Waals surface area (Å²) >= 11 is 0. The lowest BCUT2D eigenvalue weighted by molar-refractivity contribution is 0.367. The number of methoxy groups -OCH3 is 4. The van der Waals surface area contributed by atoms with Crippen LogP contribution in [0.2, 0.25) is 0 Å². The molecule has 158 valence electrons. The molecule has 0 bridgehead atoms. The van der Waals surface area contributed by atoms with Crippen molar-refractivity contribution in [2.24, 2.45) is 0 Å². The number of rotatable bonds is 8. The maximum absolute atomic E-state index is 5.82. The van der Waals surface area contributed by atoms with Crippen LogP contribution in [0, 0.1) is 0 Å². The van der Waals surface area contributed by atoms with E-state index in [9.17, 15) is 0 Å². The maximum atomic E-state index is 5.82. The third-order valence-corrected chi connectivity index (χ3v) is 5.22. The molecule has 0 saturated heterocycles. The first-order chi connectivity index (χ1) is 14.5. The van der Waals surface area contributed by atoms with E-state index in [0.29, 0.717) is 17.2 Å². The lowest BCUT2D eigenvalue weighted by atomic mass is 9.83. The second kappa shape index (κ2) is 9.44. The van der Waals surface area contributed by atoms with Gasteiger partial charge in [-0.3, -0.25) is 0 Å². The van der Waals surface area contributed by atoms with Crippen LogP contribution in [0.25, 0.3) is 0 Å². The van der Waals surface area contributed by atoms with Crippen LogP contribution in [0.1, 0.15) is 22.6 Å². The molecular weight excluding hydrogens is 378 g/mol. The molecule has 0 aliphatic carbocycles. The maximum Gasteiger partial charge on any atom is 0.130 e. The van der Waals surface area contributed by atoms with Gasteiger partial charge >= 0.3 is 0 Å². The minimum atomic E-state index is -0.159. The summed E-state index contributed by atoms with van der Waals surface area (Å²) < 4.78 is 22.8. The fourth-order valence-electron chi connectivity index (χ4n) is 3.68. The van der Waals surface area contributed by atoms with Crippen molar-refractivity contribution in [3.8, 4) is 23.0 Å². The first-order valence-corrected chi connectivity index (χ1v) is 9.74. The Bertz CT molecular complexity index is 961. The minimum absolute atomic E-state index is 0.159. The first kappa shape index (κ1) is 21.4. The van der Waals surface area contributed by atoms with Gasteiger partial charge in [0.15, 0.2) is 0 Å². The van der Waals surface area contributed by atoms with E-state index in [-0.39, 0.29) is 5.92 Å². The van der Waals surface area contributed by atoms with Crippen molar-refractivity contribution in [2.45, 2.75) is 5.92 Å². The molecule has 0 aliphatic rings. The van der Waals surface area contributed by atoms with Crippen molar-refractivity contribution >= 4 is 5.69 Å². The largest absolute Gasteiger partial charge is 0.496 e. The third kappa shape index (κ3) is 4.15. The van der Waals surface area contributed by atoms with Gasteiger partial charge in [-0.2, -0.15) is 0 Å². The minimum Gasteiger partial charge on any atom is -0.496 e. The normalized spacial score (nSPS) is 11.5. The van der Waals surface area contributed by atoms with Gasteiger partial charge in [0, 0.05) is 55.0 Å². The van der Waals surface area contributed by atoms with Crippen LogP contribution in [0.4, 0.5) is 5.69 Å². The van der Waals surface area contributed by atoms with E-state index in [0.717, 1.165) is 28.1 Å². The van der Waals surface area contributed by atoms with Crippen LogP contribution in [0.5, 0.6) is 23.0 Å². The summed E-state index contributed by atoms with van der Waals surface area (Å²) in [6.45, 7) is 0. The van der Waals surface area contributed by atoms with Crippen molar-refractivity contribution in [2.75, 3.05) is 47.4 Å². The van der Waals surface area contributed by atoms with Gasteiger partial charge in [-0.05, 0) is 11.6 Å². The Morgan fingerprint density at radius 3 is 1.77 bits per heavy atom. The van der Waals surface area contributed by atoms with Crippen LogP contribution in [-0.2, 0) is 0 Å². The summed E-state index contributed by atoms with van der Waals surface area (Å²) in [6, 6.07) is 20.3. The smallest absolute Gasteiger partial charge is 0.130 e. The fourth-order valence-corrected chi connectivity index (χ4v) is 3.68. The highest BCUT2D eigenvalue weighted by Gasteiger charge is 2.28. The molecule has 1 atom stereocenters. The zero-order chi connectivity index (χ0) is 21.7. The highest BCUT2D eigenvalue weighted by atomic mass is 16.5. The number of ether oxygens (including phenoxy) is 4. The van der Waals surface area contributed by atoms with E-state index in [1.165, 1.54) is 0 Å². The molecule has 3 rings (SSSR count). The number of hydrogen-bond acceptors (Lipinski definition) is 5. The van der Waals surface area contributed by atoms with Gasteiger partial charge in [0.05, 0.1) is 28.4 Å². The Balaban J connectivity index is 2.32. The Morgan fingerprint density at radius 2 is 1.27 bits per heavy atom. The fraction of sp³-hybridized carbons (Fsp3) is 0.280. The van der Waals surface area contributed by atoms with Crippen LogP contribution < -0.4 is 23.8 Å². The van der Waals surface area contributed by atoms with Crippen LogP contribution in [0.15, 0.2) is 60.7 Å². The molecule has 0 radical (unpaired) electrons. The molecule has 3 aromatic carbocycles. The molecule has 0 spiro atoms. The lowest BCUT2D eigenvalue weighted by Crippen LogP contribution is -2.12. The van der Waals surface area contributed by atoms with Gasteiger partial charge in [-0.25, -0.2) is 0 Å². The highest BCUT2D eigenvalue weighted by molar-refractivity contribution is 5.63.